The van der Waals surface area contributed by atoms with Gasteiger partial charge in [0.25, 0.3) is 0 Å². The molecule has 0 atom stereocenters. The fraction of sp³-hybridized carbons (Fsp3) is 0.278. The van der Waals surface area contributed by atoms with Gasteiger partial charge in [0.1, 0.15) is 11.9 Å². The molecule has 1 heterocycles. The van der Waals surface area contributed by atoms with Crippen LogP contribution in [-0.4, -0.2) is 24.0 Å². The molecule has 1 fully saturated rings. The molecule has 0 bridgehead atoms. The van der Waals surface area contributed by atoms with Gasteiger partial charge in [0.2, 0.25) is 5.91 Å². The second-order valence-electron chi connectivity index (χ2n) is 5.67. The van der Waals surface area contributed by atoms with E-state index in [2.05, 4.69) is 15.6 Å². The molecule has 0 spiro atoms. The Bertz CT molecular complexity index is 715. The highest BCUT2D eigenvalue weighted by atomic mass is 16.2. The van der Waals surface area contributed by atoms with Gasteiger partial charge in [0.05, 0.1) is 11.0 Å². The first-order valence-corrected chi connectivity index (χ1v) is 7.68. The normalized spacial score (nSPS) is 14.6. The van der Waals surface area contributed by atoms with E-state index in [1.165, 1.54) is 6.20 Å². The van der Waals surface area contributed by atoms with Crippen LogP contribution in [0.2, 0.25) is 0 Å². The standard InChI is InChI=1S/C18H18N4O/c19-12-14-6-7-16(22-13-14)20-10-11-21-17(23)18(8-9-18)15-4-2-1-3-5-15/h1-7,13H,8-11H2,(H,20,22)(H,21,23). The molecule has 1 aliphatic carbocycles. The highest BCUT2D eigenvalue weighted by molar-refractivity contribution is 5.91. The van der Waals surface area contributed by atoms with Gasteiger partial charge >= 0.3 is 0 Å². The molecule has 1 amide bonds. The number of nitriles is 1. The molecular formula is C18H18N4O. The predicted molar refractivity (Wildman–Crippen MR) is 87.8 cm³/mol. The summed E-state index contributed by atoms with van der Waals surface area (Å²) >= 11 is 0. The van der Waals surface area contributed by atoms with Gasteiger partial charge in [0, 0.05) is 19.3 Å². The minimum absolute atomic E-state index is 0.0956. The summed E-state index contributed by atoms with van der Waals surface area (Å²) in [7, 11) is 0. The lowest BCUT2D eigenvalue weighted by Gasteiger charge is -2.16. The van der Waals surface area contributed by atoms with Crippen molar-refractivity contribution in [3.05, 3.63) is 59.8 Å². The van der Waals surface area contributed by atoms with Crippen molar-refractivity contribution in [1.82, 2.24) is 10.3 Å². The number of carbonyl (C=O) groups is 1. The monoisotopic (exact) mass is 306 g/mol. The Morgan fingerprint density at radius 2 is 1.96 bits per heavy atom. The van der Waals surface area contributed by atoms with Gasteiger partial charge in [-0.2, -0.15) is 5.26 Å². The summed E-state index contributed by atoms with van der Waals surface area (Å²) in [4.78, 5) is 16.6. The Hall–Kier alpha value is -2.87. The van der Waals surface area contributed by atoms with Crippen molar-refractivity contribution >= 4 is 11.7 Å². The number of carbonyl (C=O) groups excluding carboxylic acids is 1. The highest BCUT2D eigenvalue weighted by Gasteiger charge is 2.50. The van der Waals surface area contributed by atoms with Gasteiger partial charge in [-0.05, 0) is 30.5 Å². The van der Waals surface area contributed by atoms with Crippen LogP contribution in [0.15, 0.2) is 48.7 Å². The Morgan fingerprint density at radius 3 is 2.57 bits per heavy atom. The van der Waals surface area contributed by atoms with E-state index in [1.807, 2.05) is 36.4 Å². The number of nitrogens with zero attached hydrogens (tertiary/aromatic N) is 2. The van der Waals surface area contributed by atoms with E-state index in [4.69, 9.17) is 5.26 Å². The van der Waals surface area contributed by atoms with E-state index < -0.39 is 0 Å². The van der Waals surface area contributed by atoms with Gasteiger partial charge in [-0.3, -0.25) is 4.79 Å². The Balaban J connectivity index is 1.47. The quantitative estimate of drug-likeness (QED) is 0.802. The number of hydrogen-bond donors (Lipinski definition) is 2. The Kier molecular flexibility index (Phi) is 4.24. The minimum Gasteiger partial charge on any atom is -0.368 e. The van der Waals surface area contributed by atoms with Crippen molar-refractivity contribution in [2.45, 2.75) is 18.3 Å². The smallest absolute Gasteiger partial charge is 0.230 e. The number of nitrogens with one attached hydrogen (secondary N) is 2. The molecular weight excluding hydrogens is 288 g/mol. The second-order valence-corrected chi connectivity index (χ2v) is 5.67. The molecule has 1 aromatic carbocycles. The van der Waals surface area contributed by atoms with Crippen molar-refractivity contribution in [3.8, 4) is 6.07 Å². The van der Waals surface area contributed by atoms with Crippen LogP contribution < -0.4 is 10.6 Å². The van der Waals surface area contributed by atoms with Crippen molar-refractivity contribution in [1.29, 1.82) is 5.26 Å². The van der Waals surface area contributed by atoms with Crippen molar-refractivity contribution in [2.24, 2.45) is 0 Å². The largest absolute Gasteiger partial charge is 0.368 e. The average molecular weight is 306 g/mol. The minimum atomic E-state index is -0.325. The van der Waals surface area contributed by atoms with Gasteiger partial charge in [-0.25, -0.2) is 4.98 Å². The van der Waals surface area contributed by atoms with Crippen LogP contribution >= 0.6 is 0 Å². The molecule has 23 heavy (non-hydrogen) atoms. The van der Waals surface area contributed by atoms with Gasteiger partial charge in [-0.15, -0.1) is 0 Å². The SMILES string of the molecule is N#Cc1ccc(NCCNC(=O)C2(c3ccccc3)CC2)nc1. The third kappa shape index (κ3) is 3.32. The first kappa shape index (κ1) is 15.0. The number of benzene rings is 1. The summed E-state index contributed by atoms with van der Waals surface area (Å²) in [5.74, 6) is 0.792. The third-order valence-electron chi connectivity index (χ3n) is 4.12. The summed E-state index contributed by atoms with van der Waals surface area (Å²) in [6, 6.07) is 15.4. The zero-order valence-corrected chi connectivity index (χ0v) is 12.7. The summed E-state index contributed by atoms with van der Waals surface area (Å²) in [5.41, 5.74) is 1.30. The molecule has 5 heteroatoms. The van der Waals surface area contributed by atoms with Crippen LogP contribution in [-0.2, 0) is 10.2 Å². The van der Waals surface area contributed by atoms with Crippen molar-refractivity contribution < 1.29 is 4.79 Å². The second kappa shape index (κ2) is 6.49. The molecule has 0 unspecified atom stereocenters. The topological polar surface area (TPSA) is 77.8 Å². The Labute approximate surface area is 135 Å². The summed E-state index contributed by atoms with van der Waals surface area (Å²) < 4.78 is 0. The fourth-order valence-electron chi connectivity index (χ4n) is 2.63. The van der Waals surface area contributed by atoms with Gasteiger partial charge in [-0.1, -0.05) is 30.3 Å². The molecule has 1 saturated carbocycles. The lowest BCUT2D eigenvalue weighted by atomic mass is 9.95. The molecule has 0 saturated heterocycles. The maximum atomic E-state index is 12.4. The van der Waals surface area contributed by atoms with Crippen LogP contribution in [0.25, 0.3) is 0 Å². The molecule has 1 aliphatic rings. The maximum absolute atomic E-state index is 12.4. The number of aromatic nitrogens is 1. The third-order valence-corrected chi connectivity index (χ3v) is 4.12. The predicted octanol–water partition coefficient (Wildman–Crippen LogP) is 2.21. The number of rotatable bonds is 6. The summed E-state index contributed by atoms with van der Waals surface area (Å²) in [6.07, 6.45) is 3.34. The zero-order valence-electron chi connectivity index (χ0n) is 12.7. The van der Waals surface area contributed by atoms with Crippen LogP contribution in [0.4, 0.5) is 5.82 Å². The molecule has 116 valence electrons. The van der Waals surface area contributed by atoms with E-state index in [9.17, 15) is 4.79 Å². The number of pyridine rings is 1. The fourth-order valence-corrected chi connectivity index (χ4v) is 2.63. The Morgan fingerprint density at radius 1 is 1.17 bits per heavy atom. The first-order chi connectivity index (χ1) is 11.2. The van der Waals surface area contributed by atoms with Crippen LogP contribution in [0, 0.1) is 11.3 Å². The van der Waals surface area contributed by atoms with E-state index >= 15 is 0 Å². The highest BCUT2D eigenvalue weighted by Crippen LogP contribution is 2.48. The molecule has 3 rings (SSSR count). The van der Waals surface area contributed by atoms with Gasteiger partial charge in [0.15, 0.2) is 0 Å². The molecule has 1 aromatic heterocycles. The molecule has 2 aromatic rings. The molecule has 2 N–H and O–H groups in total. The number of amides is 1. The number of anilines is 1. The lowest BCUT2D eigenvalue weighted by molar-refractivity contribution is -0.123. The zero-order chi connectivity index (χ0) is 16.1. The van der Waals surface area contributed by atoms with E-state index in [0.29, 0.717) is 24.5 Å². The van der Waals surface area contributed by atoms with Crippen LogP contribution in [0.3, 0.4) is 0 Å². The molecule has 0 radical (unpaired) electrons. The average Bonchev–Trinajstić information content (AvgIpc) is 3.42. The maximum Gasteiger partial charge on any atom is 0.230 e. The summed E-state index contributed by atoms with van der Waals surface area (Å²) in [5, 5.41) is 14.8. The van der Waals surface area contributed by atoms with Crippen molar-refractivity contribution in [2.75, 3.05) is 18.4 Å². The van der Waals surface area contributed by atoms with Crippen LogP contribution in [0.5, 0.6) is 0 Å². The van der Waals surface area contributed by atoms with E-state index in [-0.39, 0.29) is 11.3 Å². The van der Waals surface area contributed by atoms with E-state index in [0.717, 1.165) is 18.4 Å². The van der Waals surface area contributed by atoms with Gasteiger partial charge < -0.3 is 10.6 Å². The van der Waals surface area contributed by atoms with E-state index in [1.54, 1.807) is 12.1 Å². The number of hydrogen-bond acceptors (Lipinski definition) is 4. The summed E-state index contributed by atoms with van der Waals surface area (Å²) in [6.45, 7) is 1.13. The first-order valence-electron chi connectivity index (χ1n) is 7.68. The lowest BCUT2D eigenvalue weighted by Crippen LogP contribution is -2.37. The molecule has 0 aliphatic heterocycles. The molecule has 5 nitrogen and oxygen atoms in total. The van der Waals surface area contributed by atoms with Crippen molar-refractivity contribution in [3.63, 3.8) is 0 Å². The van der Waals surface area contributed by atoms with Crippen LogP contribution in [0.1, 0.15) is 24.0 Å².